The Morgan fingerprint density at radius 3 is 2.80 bits per heavy atom. The van der Waals surface area contributed by atoms with Gasteiger partial charge in [-0.2, -0.15) is 0 Å². The van der Waals surface area contributed by atoms with Crippen molar-refractivity contribution < 1.29 is 14.3 Å². The van der Waals surface area contributed by atoms with E-state index in [9.17, 15) is 9.18 Å². The molecule has 0 aliphatic rings. The number of hydrogen-bond acceptors (Lipinski definition) is 3. The average Bonchev–Trinajstić information content (AvgIpc) is 2.38. The van der Waals surface area contributed by atoms with Gasteiger partial charge in [0.1, 0.15) is 22.4 Å². The Balaban J connectivity index is 2.31. The SMILES string of the molecule is CN(Cc1cccc(F)c1)c1nc(Cl)ccc1C(=O)O. The second-order valence-corrected chi connectivity index (χ2v) is 4.68. The van der Waals surface area contributed by atoms with Crippen molar-refractivity contribution in [3.8, 4) is 0 Å². The first kappa shape index (κ1) is 14.3. The van der Waals surface area contributed by atoms with Crippen molar-refractivity contribution in [3.05, 3.63) is 58.5 Å². The van der Waals surface area contributed by atoms with E-state index < -0.39 is 5.97 Å². The molecule has 1 N–H and O–H groups in total. The van der Waals surface area contributed by atoms with Gasteiger partial charge in [0.05, 0.1) is 0 Å². The number of rotatable bonds is 4. The number of carboxylic acids is 1. The molecule has 0 unspecified atom stereocenters. The zero-order valence-corrected chi connectivity index (χ0v) is 11.4. The van der Waals surface area contributed by atoms with Gasteiger partial charge in [0.15, 0.2) is 0 Å². The highest BCUT2D eigenvalue weighted by molar-refractivity contribution is 6.29. The summed E-state index contributed by atoms with van der Waals surface area (Å²) in [5.41, 5.74) is 0.763. The lowest BCUT2D eigenvalue weighted by Gasteiger charge is -2.20. The molecule has 20 heavy (non-hydrogen) atoms. The summed E-state index contributed by atoms with van der Waals surface area (Å²) in [4.78, 5) is 16.8. The maximum atomic E-state index is 13.1. The highest BCUT2D eigenvalue weighted by Crippen LogP contribution is 2.21. The monoisotopic (exact) mass is 294 g/mol. The molecule has 0 saturated heterocycles. The molecule has 2 rings (SSSR count). The first-order valence-electron chi connectivity index (χ1n) is 5.83. The predicted molar refractivity (Wildman–Crippen MR) is 74.7 cm³/mol. The number of carboxylic acid groups (broad SMARTS) is 1. The molecule has 0 atom stereocenters. The van der Waals surface area contributed by atoms with E-state index in [-0.39, 0.29) is 22.4 Å². The van der Waals surface area contributed by atoms with E-state index >= 15 is 0 Å². The second-order valence-electron chi connectivity index (χ2n) is 4.30. The molecule has 0 bridgehead atoms. The zero-order valence-electron chi connectivity index (χ0n) is 10.7. The summed E-state index contributed by atoms with van der Waals surface area (Å²) in [5.74, 6) is -1.18. The summed E-state index contributed by atoms with van der Waals surface area (Å²) in [5, 5.41) is 9.35. The summed E-state index contributed by atoms with van der Waals surface area (Å²) < 4.78 is 13.1. The van der Waals surface area contributed by atoms with E-state index in [2.05, 4.69) is 4.98 Å². The normalized spacial score (nSPS) is 10.3. The number of halogens is 2. The van der Waals surface area contributed by atoms with E-state index in [4.69, 9.17) is 16.7 Å². The molecule has 1 heterocycles. The third-order valence-electron chi connectivity index (χ3n) is 2.74. The van der Waals surface area contributed by atoms with Gasteiger partial charge < -0.3 is 10.0 Å². The van der Waals surface area contributed by atoms with Crippen molar-refractivity contribution in [3.63, 3.8) is 0 Å². The lowest BCUT2D eigenvalue weighted by atomic mass is 10.2. The van der Waals surface area contributed by atoms with Crippen molar-refractivity contribution in [1.82, 2.24) is 4.98 Å². The summed E-state index contributed by atoms with van der Waals surface area (Å²) in [6.07, 6.45) is 0. The van der Waals surface area contributed by atoms with Gasteiger partial charge in [-0.25, -0.2) is 14.2 Å². The molecule has 0 saturated carbocycles. The molecule has 0 aliphatic carbocycles. The van der Waals surface area contributed by atoms with Crippen molar-refractivity contribution in [2.24, 2.45) is 0 Å². The summed E-state index contributed by atoms with van der Waals surface area (Å²) >= 11 is 5.80. The summed E-state index contributed by atoms with van der Waals surface area (Å²) in [7, 11) is 1.68. The Morgan fingerprint density at radius 1 is 1.40 bits per heavy atom. The van der Waals surface area contributed by atoms with E-state index in [1.165, 1.54) is 24.3 Å². The molecule has 104 valence electrons. The molecular weight excluding hydrogens is 283 g/mol. The molecule has 1 aromatic heterocycles. The molecule has 2 aromatic rings. The molecule has 1 aromatic carbocycles. The molecule has 0 radical (unpaired) electrons. The number of aromatic nitrogens is 1. The minimum absolute atomic E-state index is 0.0494. The first-order chi connectivity index (χ1) is 9.47. The highest BCUT2D eigenvalue weighted by Gasteiger charge is 2.16. The van der Waals surface area contributed by atoms with Crippen LogP contribution in [0.2, 0.25) is 5.15 Å². The van der Waals surface area contributed by atoms with Gasteiger partial charge >= 0.3 is 5.97 Å². The third-order valence-corrected chi connectivity index (χ3v) is 2.95. The second kappa shape index (κ2) is 5.88. The standard InChI is InChI=1S/C14H12ClFN2O2/c1-18(8-9-3-2-4-10(16)7-9)13-11(14(19)20)5-6-12(15)17-13/h2-7H,8H2,1H3,(H,19,20). The number of hydrogen-bond donors (Lipinski definition) is 1. The molecule has 0 fully saturated rings. The Labute approximate surface area is 120 Å². The third kappa shape index (κ3) is 3.24. The number of aromatic carboxylic acids is 1. The maximum absolute atomic E-state index is 13.1. The first-order valence-corrected chi connectivity index (χ1v) is 6.20. The van der Waals surface area contributed by atoms with Crippen LogP contribution in [-0.4, -0.2) is 23.1 Å². The summed E-state index contributed by atoms with van der Waals surface area (Å²) in [6, 6.07) is 8.91. The fourth-order valence-electron chi connectivity index (χ4n) is 1.87. The van der Waals surface area contributed by atoms with Crippen LogP contribution in [0.1, 0.15) is 15.9 Å². The fraction of sp³-hybridized carbons (Fsp3) is 0.143. The van der Waals surface area contributed by atoms with Crippen LogP contribution in [0, 0.1) is 5.82 Å². The lowest BCUT2D eigenvalue weighted by molar-refractivity contribution is 0.0697. The van der Waals surface area contributed by atoms with Crippen LogP contribution in [0.4, 0.5) is 10.2 Å². The van der Waals surface area contributed by atoms with E-state index in [0.717, 1.165) is 0 Å². The Bertz CT molecular complexity index is 649. The average molecular weight is 295 g/mol. The minimum atomic E-state index is -1.09. The van der Waals surface area contributed by atoms with Crippen LogP contribution in [0.25, 0.3) is 0 Å². The number of nitrogens with zero attached hydrogens (tertiary/aromatic N) is 2. The summed E-state index contributed by atoms with van der Waals surface area (Å²) in [6.45, 7) is 0.325. The van der Waals surface area contributed by atoms with Gasteiger partial charge in [-0.05, 0) is 29.8 Å². The predicted octanol–water partition coefficient (Wildman–Crippen LogP) is 3.21. The lowest BCUT2D eigenvalue weighted by Crippen LogP contribution is -2.21. The minimum Gasteiger partial charge on any atom is -0.478 e. The van der Waals surface area contributed by atoms with Gasteiger partial charge in [-0.1, -0.05) is 23.7 Å². The van der Waals surface area contributed by atoms with Crippen molar-refractivity contribution in [2.75, 3.05) is 11.9 Å². The van der Waals surface area contributed by atoms with Crippen LogP contribution < -0.4 is 4.90 Å². The quantitative estimate of drug-likeness (QED) is 0.880. The highest BCUT2D eigenvalue weighted by atomic mass is 35.5. The van der Waals surface area contributed by atoms with E-state index in [1.54, 1.807) is 24.1 Å². The number of pyridine rings is 1. The number of benzene rings is 1. The van der Waals surface area contributed by atoms with Gasteiger partial charge in [0.2, 0.25) is 0 Å². The molecule has 0 spiro atoms. The zero-order chi connectivity index (χ0) is 14.7. The Morgan fingerprint density at radius 2 is 2.15 bits per heavy atom. The smallest absolute Gasteiger partial charge is 0.339 e. The van der Waals surface area contributed by atoms with Crippen LogP contribution in [0.5, 0.6) is 0 Å². The number of anilines is 1. The molecule has 0 amide bonds. The van der Waals surface area contributed by atoms with Crippen molar-refractivity contribution in [1.29, 1.82) is 0 Å². The Kier molecular flexibility index (Phi) is 4.20. The topological polar surface area (TPSA) is 53.4 Å². The van der Waals surface area contributed by atoms with Gasteiger partial charge in [-0.3, -0.25) is 0 Å². The molecule has 0 aliphatic heterocycles. The molecule has 6 heteroatoms. The maximum Gasteiger partial charge on any atom is 0.339 e. The van der Waals surface area contributed by atoms with Crippen molar-refractivity contribution >= 4 is 23.4 Å². The van der Waals surface area contributed by atoms with Crippen LogP contribution in [0.15, 0.2) is 36.4 Å². The number of carbonyl (C=O) groups is 1. The van der Waals surface area contributed by atoms with Gasteiger partial charge in [-0.15, -0.1) is 0 Å². The van der Waals surface area contributed by atoms with E-state index in [0.29, 0.717) is 12.1 Å². The Hall–Kier alpha value is -2.14. The van der Waals surface area contributed by atoms with Crippen LogP contribution in [-0.2, 0) is 6.54 Å². The van der Waals surface area contributed by atoms with E-state index in [1.807, 2.05) is 0 Å². The molecule has 4 nitrogen and oxygen atoms in total. The molecular formula is C14H12ClFN2O2. The van der Waals surface area contributed by atoms with Crippen LogP contribution >= 0.6 is 11.6 Å². The van der Waals surface area contributed by atoms with Gasteiger partial charge in [0.25, 0.3) is 0 Å². The largest absolute Gasteiger partial charge is 0.478 e. The fourth-order valence-corrected chi connectivity index (χ4v) is 2.01. The van der Waals surface area contributed by atoms with Crippen LogP contribution in [0.3, 0.4) is 0 Å². The van der Waals surface area contributed by atoms with Crippen molar-refractivity contribution in [2.45, 2.75) is 6.54 Å². The van der Waals surface area contributed by atoms with Gasteiger partial charge in [0, 0.05) is 13.6 Å².